The number of carbonyl (C=O) groups excluding carboxylic acids is 2. The minimum Gasteiger partial charge on any atom is -0.480 e. The third-order valence-electron chi connectivity index (χ3n) is 6.76. The summed E-state index contributed by atoms with van der Waals surface area (Å²) in [5.41, 5.74) is 4.48. The fourth-order valence-corrected chi connectivity index (χ4v) is 5.01. The van der Waals surface area contributed by atoms with Crippen LogP contribution in [-0.2, 0) is 14.3 Å². The first kappa shape index (κ1) is 22.8. The van der Waals surface area contributed by atoms with Crippen molar-refractivity contribution in [1.29, 1.82) is 0 Å². The first-order valence-corrected chi connectivity index (χ1v) is 11.6. The summed E-state index contributed by atoms with van der Waals surface area (Å²) in [6, 6.07) is 14.3. The number of rotatable bonds is 7. The van der Waals surface area contributed by atoms with Crippen molar-refractivity contribution in [3.63, 3.8) is 0 Å². The summed E-state index contributed by atoms with van der Waals surface area (Å²) in [6.45, 7) is 1.67. The standard InChI is InChI=1S/C26H30N2O5/c1-16(24(29)28-23(25(30)31)17-9-3-2-4-10-17)27-26(32)33-15-22-20-13-7-5-11-18(20)19-12-6-8-14-21(19)22/h5-8,11-14,16-17,22-23H,2-4,9-10,15H2,1H3,(H,27,32)(H,28,29)(H,30,31)/t16-,23?/m1/s1. The molecule has 2 amide bonds. The van der Waals surface area contributed by atoms with Crippen LogP contribution in [0.5, 0.6) is 0 Å². The number of hydrogen-bond donors (Lipinski definition) is 3. The van der Waals surface area contributed by atoms with E-state index in [4.69, 9.17) is 4.74 Å². The Labute approximate surface area is 193 Å². The molecule has 0 radical (unpaired) electrons. The molecule has 7 heteroatoms. The molecule has 2 atom stereocenters. The fraction of sp³-hybridized carbons (Fsp3) is 0.423. The Hall–Kier alpha value is -3.35. The molecule has 33 heavy (non-hydrogen) atoms. The van der Waals surface area contributed by atoms with Gasteiger partial charge in [0.1, 0.15) is 18.7 Å². The molecule has 0 spiro atoms. The average molecular weight is 451 g/mol. The van der Waals surface area contributed by atoms with E-state index in [9.17, 15) is 19.5 Å². The third-order valence-corrected chi connectivity index (χ3v) is 6.76. The summed E-state index contributed by atoms with van der Waals surface area (Å²) in [4.78, 5) is 36.7. The van der Waals surface area contributed by atoms with Gasteiger partial charge in [-0.05, 0) is 47.9 Å². The molecule has 0 aliphatic heterocycles. The van der Waals surface area contributed by atoms with Crippen molar-refractivity contribution >= 4 is 18.0 Å². The van der Waals surface area contributed by atoms with Gasteiger partial charge in [0.15, 0.2) is 0 Å². The number of benzene rings is 2. The van der Waals surface area contributed by atoms with Crippen LogP contribution in [0.4, 0.5) is 4.79 Å². The van der Waals surface area contributed by atoms with E-state index in [1.165, 1.54) is 6.92 Å². The highest BCUT2D eigenvalue weighted by molar-refractivity contribution is 5.89. The Bertz CT molecular complexity index is 985. The molecule has 0 aromatic heterocycles. The molecule has 2 aliphatic rings. The quantitative estimate of drug-likeness (QED) is 0.590. The average Bonchev–Trinajstić information content (AvgIpc) is 3.15. The van der Waals surface area contributed by atoms with E-state index >= 15 is 0 Å². The van der Waals surface area contributed by atoms with Gasteiger partial charge in [0, 0.05) is 5.92 Å². The second-order valence-corrected chi connectivity index (χ2v) is 8.91. The zero-order chi connectivity index (χ0) is 23.4. The Kier molecular flexibility index (Phi) is 6.96. The number of amides is 2. The topological polar surface area (TPSA) is 105 Å². The van der Waals surface area contributed by atoms with E-state index in [2.05, 4.69) is 22.8 Å². The van der Waals surface area contributed by atoms with Crippen molar-refractivity contribution in [1.82, 2.24) is 10.6 Å². The normalized spacial score (nSPS) is 17.4. The van der Waals surface area contributed by atoms with Crippen LogP contribution >= 0.6 is 0 Å². The molecule has 3 N–H and O–H groups in total. The SMILES string of the molecule is C[C@@H](NC(=O)OCC1c2ccccc2-c2ccccc21)C(=O)NC(C(=O)O)C1CCCCC1. The van der Waals surface area contributed by atoms with E-state index in [0.717, 1.165) is 54.4 Å². The molecule has 0 heterocycles. The van der Waals surface area contributed by atoms with Gasteiger partial charge in [0.05, 0.1) is 0 Å². The lowest BCUT2D eigenvalue weighted by atomic mass is 9.84. The van der Waals surface area contributed by atoms with Crippen LogP contribution in [0.1, 0.15) is 56.1 Å². The van der Waals surface area contributed by atoms with E-state index in [1.807, 2.05) is 36.4 Å². The van der Waals surface area contributed by atoms with Crippen LogP contribution in [0.2, 0.25) is 0 Å². The van der Waals surface area contributed by atoms with Gasteiger partial charge in [-0.2, -0.15) is 0 Å². The van der Waals surface area contributed by atoms with Crippen molar-refractivity contribution in [2.24, 2.45) is 5.92 Å². The van der Waals surface area contributed by atoms with E-state index in [1.54, 1.807) is 0 Å². The highest BCUT2D eigenvalue weighted by Crippen LogP contribution is 2.44. The van der Waals surface area contributed by atoms with E-state index in [0.29, 0.717) is 0 Å². The Morgan fingerprint density at radius 2 is 1.52 bits per heavy atom. The van der Waals surface area contributed by atoms with E-state index < -0.39 is 30.1 Å². The summed E-state index contributed by atoms with van der Waals surface area (Å²) in [5, 5.41) is 14.7. The van der Waals surface area contributed by atoms with Crippen LogP contribution in [0.3, 0.4) is 0 Å². The van der Waals surface area contributed by atoms with E-state index in [-0.39, 0.29) is 18.4 Å². The van der Waals surface area contributed by atoms with Crippen LogP contribution < -0.4 is 10.6 Å². The van der Waals surface area contributed by atoms with Crippen LogP contribution in [-0.4, -0.2) is 41.8 Å². The second-order valence-electron chi connectivity index (χ2n) is 8.91. The number of ether oxygens (including phenoxy) is 1. The van der Waals surface area contributed by atoms with Gasteiger partial charge in [-0.15, -0.1) is 0 Å². The van der Waals surface area contributed by atoms with Gasteiger partial charge in [0.25, 0.3) is 0 Å². The number of carbonyl (C=O) groups is 3. The number of carboxylic acid groups (broad SMARTS) is 1. The Balaban J connectivity index is 1.33. The second kappa shape index (κ2) is 10.1. The van der Waals surface area contributed by atoms with Crippen LogP contribution in [0, 0.1) is 5.92 Å². The molecule has 2 aliphatic carbocycles. The van der Waals surface area contributed by atoms with Crippen molar-refractivity contribution < 1.29 is 24.2 Å². The minimum absolute atomic E-state index is 0.0741. The summed E-state index contributed by atoms with van der Waals surface area (Å²) >= 11 is 0. The molecular weight excluding hydrogens is 420 g/mol. The fourth-order valence-electron chi connectivity index (χ4n) is 5.01. The number of hydrogen-bond acceptors (Lipinski definition) is 4. The maximum Gasteiger partial charge on any atom is 0.407 e. The molecule has 174 valence electrons. The number of nitrogens with one attached hydrogen (secondary N) is 2. The molecule has 7 nitrogen and oxygen atoms in total. The summed E-state index contributed by atoms with van der Waals surface area (Å²) in [7, 11) is 0. The highest BCUT2D eigenvalue weighted by atomic mass is 16.5. The number of aliphatic carboxylic acids is 1. The molecule has 1 saturated carbocycles. The van der Waals surface area contributed by atoms with Crippen molar-refractivity contribution in [3.05, 3.63) is 59.7 Å². The zero-order valence-electron chi connectivity index (χ0n) is 18.8. The maximum atomic E-state index is 12.6. The number of carboxylic acids is 1. The van der Waals surface area contributed by atoms with Gasteiger partial charge >= 0.3 is 12.1 Å². The Morgan fingerprint density at radius 3 is 2.09 bits per heavy atom. The monoisotopic (exact) mass is 450 g/mol. The Morgan fingerprint density at radius 1 is 0.939 bits per heavy atom. The lowest BCUT2D eigenvalue weighted by Crippen LogP contribution is -2.53. The molecular formula is C26H30N2O5. The smallest absolute Gasteiger partial charge is 0.407 e. The largest absolute Gasteiger partial charge is 0.480 e. The van der Waals surface area contributed by atoms with Crippen LogP contribution in [0.25, 0.3) is 11.1 Å². The minimum atomic E-state index is -1.04. The van der Waals surface area contributed by atoms with Gasteiger partial charge in [-0.1, -0.05) is 67.8 Å². The molecule has 1 fully saturated rings. The van der Waals surface area contributed by atoms with Crippen molar-refractivity contribution in [3.8, 4) is 11.1 Å². The summed E-state index contributed by atoms with van der Waals surface area (Å²) in [5.74, 6) is -1.72. The van der Waals surface area contributed by atoms with Gasteiger partial charge < -0.3 is 20.5 Å². The number of fused-ring (bicyclic) bond motifs is 3. The highest BCUT2D eigenvalue weighted by Gasteiger charge is 2.33. The molecule has 4 rings (SSSR count). The first-order chi connectivity index (χ1) is 16.0. The maximum absolute atomic E-state index is 12.6. The summed E-state index contributed by atoms with van der Waals surface area (Å²) < 4.78 is 5.48. The number of alkyl carbamates (subject to hydrolysis) is 1. The predicted octanol–water partition coefficient (Wildman–Crippen LogP) is 4.06. The van der Waals surface area contributed by atoms with Crippen molar-refractivity contribution in [2.75, 3.05) is 6.61 Å². The third kappa shape index (κ3) is 5.02. The lowest BCUT2D eigenvalue weighted by Gasteiger charge is -2.29. The predicted molar refractivity (Wildman–Crippen MR) is 124 cm³/mol. The molecule has 0 bridgehead atoms. The first-order valence-electron chi connectivity index (χ1n) is 11.6. The van der Waals surface area contributed by atoms with Gasteiger partial charge in [-0.3, -0.25) is 4.79 Å². The van der Waals surface area contributed by atoms with Crippen LogP contribution in [0.15, 0.2) is 48.5 Å². The summed E-state index contributed by atoms with van der Waals surface area (Å²) in [6.07, 6.45) is 3.90. The lowest BCUT2D eigenvalue weighted by molar-refractivity contribution is -0.144. The van der Waals surface area contributed by atoms with Gasteiger partial charge in [0.2, 0.25) is 5.91 Å². The molecule has 2 aromatic rings. The molecule has 1 unspecified atom stereocenters. The van der Waals surface area contributed by atoms with Gasteiger partial charge in [-0.25, -0.2) is 9.59 Å². The van der Waals surface area contributed by atoms with Crippen molar-refractivity contribution in [2.45, 2.75) is 57.0 Å². The molecule has 0 saturated heterocycles. The molecule has 2 aromatic carbocycles. The zero-order valence-corrected chi connectivity index (χ0v) is 18.8.